The normalized spacial score (nSPS) is 19.9. The van der Waals surface area contributed by atoms with E-state index in [9.17, 15) is 0 Å². The Kier molecular flexibility index (Phi) is 3.61. The van der Waals surface area contributed by atoms with Crippen molar-refractivity contribution in [2.24, 2.45) is 12.5 Å². The minimum absolute atomic E-state index is 0.392. The summed E-state index contributed by atoms with van der Waals surface area (Å²) in [6.07, 6.45) is 6.13. The number of hydrogen-bond donors (Lipinski definition) is 1. The van der Waals surface area contributed by atoms with Gasteiger partial charge in [-0.2, -0.15) is 0 Å². The van der Waals surface area contributed by atoms with Gasteiger partial charge in [-0.1, -0.05) is 6.92 Å². The van der Waals surface area contributed by atoms with E-state index in [1.807, 2.05) is 19.4 Å². The van der Waals surface area contributed by atoms with Crippen LogP contribution in [0.3, 0.4) is 0 Å². The second-order valence-corrected chi connectivity index (χ2v) is 4.98. The lowest BCUT2D eigenvalue weighted by molar-refractivity contribution is 0.0239. The minimum atomic E-state index is 0.392. The van der Waals surface area contributed by atoms with Crippen LogP contribution in [0.4, 0.5) is 0 Å². The first-order valence-electron chi connectivity index (χ1n) is 5.94. The summed E-state index contributed by atoms with van der Waals surface area (Å²) in [5.41, 5.74) is 0.392. The van der Waals surface area contributed by atoms with Crippen molar-refractivity contribution < 1.29 is 4.74 Å². The van der Waals surface area contributed by atoms with E-state index in [4.69, 9.17) is 4.74 Å². The molecule has 16 heavy (non-hydrogen) atoms. The van der Waals surface area contributed by atoms with Crippen LogP contribution in [0.1, 0.15) is 25.6 Å². The van der Waals surface area contributed by atoms with Gasteiger partial charge < -0.3 is 14.6 Å². The van der Waals surface area contributed by atoms with E-state index in [-0.39, 0.29) is 0 Å². The summed E-state index contributed by atoms with van der Waals surface area (Å²) in [6, 6.07) is 0. The highest BCUT2D eigenvalue weighted by Gasteiger charge is 2.26. The van der Waals surface area contributed by atoms with Crippen LogP contribution in [-0.2, 0) is 18.3 Å². The van der Waals surface area contributed by atoms with Crippen LogP contribution in [0.15, 0.2) is 12.4 Å². The van der Waals surface area contributed by atoms with E-state index in [1.54, 1.807) is 0 Å². The zero-order valence-corrected chi connectivity index (χ0v) is 10.2. The summed E-state index contributed by atoms with van der Waals surface area (Å²) in [5, 5.41) is 3.50. The maximum atomic E-state index is 5.39. The van der Waals surface area contributed by atoms with Gasteiger partial charge in [0, 0.05) is 39.2 Å². The first-order chi connectivity index (χ1) is 7.70. The van der Waals surface area contributed by atoms with Crippen LogP contribution in [0.25, 0.3) is 0 Å². The smallest absolute Gasteiger partial charge is 0.122 e. The van der Waals surface area contributed by atoms with Gasteiger partial charge in [0.1, 0.15) is 5.82 Å². The maximum Gasteiger partial charge on any atom is 0.122 e. The van der Waals surface area contributed by atoms with Crippen LogP contribution in [0.5, 0.6) is 0 Å². The Morgan fingerprint density at radius 2 is 2.25 bits per heavy atom. The summed E-state index contributed by atoms with van der Waals surface area (Å²) >= 11 is 0. The third-order valence-corrected chi connectivity index (χ3v) is 3.46. The number of ether oxygens (including phenoxy) is 1. The van der Waals surface area contributed by atoms with Crippen molar-refractivity contribution in [1.29, 1.82) is 0 Å². The molecule has 90 valence electrons. The Hall–Kier alpha value is -0.870. The molecule has 4 heteroatoms. The second kappa shape index (κ2) is 4.97. The van der Waals surface area contributed by atoms with E-state index < -0.39 is 0 Å². The molecule has 2 heterocycles. The molecule has 1 aliphatic heterocycles. The minimum Gasteiger partial charge on any atom is -0.381 e. The Balaban J connectivity index is 1.77. The fourth-order valence-corrected chi connectivity index (χ4v) is 2.08. The Morgan fingerprint density at radius 1 is 1.50 bits per heavy atom. The lowest BCUT2D eigenvalue weighted by Gasteiger charge is -2.33. The van der Waals surface area contributed by atoms with Gasteiger partial charge in [-0.3, -0.25) is 0 Å². The van der Waals surface area contributed by atoms with Gasteiger partial charge in [-0.15, -0.1) is 0 Å². The van der Waals surface area contributed by atoms with Gasteiger partial charge in [0.15, 0.2) is 0 Å². The van der Waals surface area contributed by atoms with Crippen LogP contribution in [0.2, 0.25) is 0 Å². The number of imidazole rings is 1. The molecule has 0 spiro atoms. The van der Waals surface area contributed by atoms with Gasteiger partial charge in [0.25, 0.3) is 0 Å². The number of hydrogen-bond acceptors (Lipinski definition) is 3. The molecule has 0 amide bonds. The maximum absolute atomic E-state index is 5.39. The van der Waals surface area contributed by atoms with Crippen molar-refractivity contribution >= 4 is 0 Å². The molecule has 1 aromatic rings. The fraction of sp³-hybridized carbons (Fsp3) is 0.750. The lowest BCUT2D eigenvalue weighted by atomic mass is 9.82. The Labute approximate surface area is 97.0 Å². The number of nitrogens with one attached hydrogen (secondary N) is 1. The lowest BCUT2D eigenvalue weighted by Crippen LogP contribution is -2.36. The van der Waals surface area contributed by atoms with Gasteiger partial charge in [-0.25, -0.2) is 4.98 Å². The van der Waals surface area contributed by atoms with Gasteiger partial charge >= 0.3 is 0 Å². The Bertz CT molecular complexity index is 329. The zero-order chi connectivity index (χ0) is 11.4. The summed E-state index contributed by atoms with van der Waals surface area (Å²) in [5.74, 6) is 1.09. The van der Waals surface area contributed by atoms with E-state index in [0.29, 0.717) is 5.41 Å². The molecular formula is C12H21N3O. The second-order valence-electron chi connectivity index (χ2n) is 4.98. The molecule has 0 unspecified atom stereocenters. The van der Waals surface area contributed by atoms with Crippen LogP contribution in [0, 0.1) is 5.41 Å². The third kappa shape index (κ3) is 2.83. The molecule has 0 atom stereocenters. The van der Waals surface area contributed by atoms with E-state index in [0.717, 1.165) is 45.0 Å². The number of aromatic nitrogens is 2. The summed E-state index contributed by atoms with van der Waals surface area (Å²) in [7, 11) is 2.03. The monoisotopic (exact) mass is 223 g/mol. The van der Waals surface area contributed by atoms with Gasteiger partial charge in [0.05, 0.1) is 6.54 Å². The van der Waals surface area contributed by atoms with Crippen LogP contribution in [-0.4, -0.2) is 29.3 Å². The SMILES string of the molecule is Cn1ccnc1CNCC1(C)CCOCC1. The molecule has 0 radical (unpaired) electrons. The predicted octanol–water partition coefficient (Wildman–Crippen LogP) is 1.33. The van der Waals surface area contributed by atoms with Gasteiger partial charge in [0.2, 0.25) is 0 Å². The number of nitrogens with zero attached hydrogens (tertiary/aromatic N) is 2. The van der Waals surface area contributed by atoms with Gasteiger partial charge in [-0.05, 0) is 18.3 Å². The third-order valence-electron chi connectivity index (χ3n) is 3.46. The summed E-state index contributed by atoms with van der Waals surface area (Å²) in [6.45, 7) is 6.03. The molecule has 0 saturated carbocycles. The van der Waals surface area contributed by atoms with E-state index in [2.05, 4.69) is 21.8 Å². The van der Waals surface area contributed by atoms with E-state index >= 15 is 0 Å². The van der Waals surface area contributed by atoms with E-state index in [1.165, 1.54) is 0 Å². The van der Waals surface area contributed by atoms with Crippen molar-refractivity contribution in [3.05, 3.63) is 18.2 Å². The molecule has 1 aromatic heterocycles. The molecule has 0 bridgehead atoms. The first kappa shape index (κ1) is 11.6. The average molecular weight is 223 g/mol. The molecule has 4 nitrogen and oxygen atoms in total. The largest absolute Gasteiger partial charge is 0.381 e. The topological polar surface area (TPSA) is 39.1 Å². The predicted molar refractivity (Wildman–Crippen MR) is 63.1 cm³/mol. The van der Waals surface area contributed by atoms with Crippen molar-refractivity contribution in [1.82, 2.24) is 14.9 Å². The molecular weight excluding hydrogens is 202 g/mol. The first-order valence-corrected chi connectivity index (χ1v) is 5.94. The fourth-order valence-electron chi connectivity index (χ4n) is 2.08. The number of rotatable bonds is 4. The van der Waals surface area contributed by atoms with Crippen molar-refractivity contribution in [3.63, 3.8) is 0 Å². The molecule has 1 aliphatic rings. The van der Waals surface area contributed by atoms with Crippen molar-refractivity contribution in [3.8, 4) is 0 Å². The highest BCUT2D eigenvalue weighted by atomic mass is 16.5. The number of aryl methyl sites for hydroxylation is 1. The summed E-state index contributed by atoms with van der Waals surface area (Å²) in [4.78, 5) is 4.30. The molecule has 2 rings (SSSR count). The Morgan fingerprint density at radius 3 is 2.88 bits per heavy atom. The quantitative estimate of drug-likeness (QED) is 0.837. The van der Waals surface area contributed by atoms with Crippen LogP contribution < -0.4 is 5.32 Å². The zero-order valence-electron chi connectivity index (χ0n) is 10.2. The molecule has 1 saturated heterocycles. The molecule has 0 aromatic carbocycles. The highest BCUT2D eigenvalue weighted by Crippen LogP contribution is 2.28. The average Bonchev–Trinajstić information content (AvgIpc) is 2.65. The standard InChI is InChI=1S/C12H21N3O/c1-12(3-7-16-8-4-12)10-13-9-11-14-5-6-15(11)2/h5-6,13H,3-4,7-10H2,1-2H3. The van der Waals surface area contributed by atoms with Crippen molar-refractivity contribution in [2.45, 2.75) is 26.3 Å². The van der Waals surface area contributed by atoms with Crippen LogP contribution >= 0.6 is 0 Å². The van der Waals surface area contributed by atoms with Crippen molar-refractivity contribution in [2.75, 3.05) is 19.8 Å². The summed E-state index contributed by atoms with van der Waals surface area (Å²) < 4.78 is 7.45. The molecule has 1 fully saturated rings. The highest BCUT2D eigenvalue weighted by molar-refractivity contribution is 4.91. The molecule has 1 N–H and O–H groups in total. The molecule has 0 aliphatic carbocycles.